The molecular formula is C12H9BrO4. The third-order valence-electron chi connectivity index (χ3n) is 2.50. The molecule has 1 aromatic carbocycles. The smallest absolute Gasteiger partial charge is 0.336 e. The van der Waals surface area contributed by atoms with Crippen LogP contribution in [0.2, 0.25) is 0 Å². The van der Waals surface area contributed by atoms with Crippen molar-refractivity contribution in [3.63, 3.8) is 0 Å². The normalized spacial score (nSPS) is 10.7. The van der Waals surface area contributed by atoms with E-state index in [9.17, 15) is 14.7 Å². The standard InChI is InChI=1S/C12H9BrO4/c1-6-4-10(16)17-12-7(6)2-3-8(14)11(12)9(15)5-13/h2-4,14H,5H2,1H3. The van der Waals surface area contributed by atoms with Crippen LogP contribution in [0.15, 0.2) is 27.4 Å². The maximum absolute atomic E-state index is 11.7. The zero-order valence-corrected chi connectivity index (χ0v) is 10.6. The highest BCUT2D eigenvalue weighted by molar-refractivity contribution is 9.09. The highest BCUT2D eigenvalue weighted by atomic mass is 79.9. The monoisotopic (exact) mass is 296 g/mol. The maximum Gasteiger partial charge on any atom is 0.336 e. The Balaban J connectivity index is 2.94. The zero-order chi connectivity index (χ0) is 12.6. The maximum atomic E-state index is 11.7. The lowest BCUT2D eigenvalue weighted by Gasteiger charge is -2.06. The van der Waals surface area contributed by atoms with Crippen LogP contribution in [0.5, 0.6) is 5.75 Å². The first kappa shape index (κ1) is 11.9. The van der Waals surface area contributed by atoms with E-state index < -0.39 is 5.63 Å². The van der Waals surface area contributed by atoms with Crippen LogP contribution in [-0.2, 0) is 0 Å². The van der Waals surface area contributed by atoms with Gasteiger partial charge in [-0.05, 0) is 24.6 Å². The molecule has 0 amide bonds. The Morgan fingerprint density at radius 1 is 1.47 bits per heavy atom. The number of fused-ring (bicyclic) bond motifs is 1. The van der Waals surface area contributed by atoms with Gasteiger partial charge >= 0.3 is 5.63 Å². The van der Waals surface area contributed by atoms with Gasteiger partial charge < -0.3 is 9.52 Å². The minimum Gasteiger partial charge on any atom is -0.507 e. The van der Waals surface area contributed by atoms with Crippen molar-refractivity contribution in [1.29, 1.82) is 0 Å². The molecule has 0 aliphatic rings. The third-order valence-corrected chi connectivity index (χ3v) is 3.01. The Morgan fingerprint density at radius 2 is 2.18 bits per heavy atom. The lowest BCUT2D eigenvalue weighted by Crippen LogP contribution is -2.05. The molecule has 0 saturated carbocycles. The van der Waals surface area contributed by atoms with Crippen molar-refractivity contribution < 1.29 is 14.3 Å². The Hall–Kier alpha value is -1.62. The zero-order valence-electron chi connectivity index (χ0n) is 8.99. The number of benzene rings is 1. The Morgan fingerprint density at radius 3 is 2.82 bits per heavy atom. The summed E-state index contributed by atoms with van der Waals surface area (Å²) in [6.45, 7) is 1.75. The molecule has 5 heteroatoms. The van der Waals surface area contributed by atoms with E-state index in [1.807, 2.05) is 0 Å². The molecule has 0 aliphatic carbocycles. The first-order valence-corrected chi connectivity index (χ1v) is 6.02. The first-order valence-electron chi connectivity index (χ1n) is 4.90. The van der Waals surface area contributed by atoms with E-state index in [0.29, 0.717) is 10.9 Å². The summed E-state index contributed by atoms with van der Waals surface area (Å²) in [6.07, 6.45) is 0. The summed E-state index contributed by atoms with van der Waals surface area (Å²) in [5.41, 5.74) is 0.351. The van der Waals surface area contributed by atoms with Crippen LogP contribution in [0.25, 0.3) is 11.0 Å². The number of phenols is 1. The molecule has 2 rings (SSSR count). The minimum atomic E-state index is -0.538. The number of ketones is 1. The van der Waals surface area contributed by atoms with Gasteiger partial charge in [-0.25, -0.2) is 4.79 Å². The summed E-state index contributed by atoms with van der Waals surface area (Å²) in [7, 11) is 0. The van der Waals surface area contributed by atoms with Crippen LogP contribution in [0, 0.1) is 6.92 Å². The fourth-order valence-corrected chi connectivity index (χ4v) is 1.99. The number of carbonyl (C=O) groups excluding carboxylic acids is 1. The highest BCUT2D eigenvalue weighted by Gasteiger charge is 2.17. The van der Waals surface area contributed by atoms with Crippen molar-refractivity contribution in [2.75, 3.05) is 5.33 Å². The Bertz CT molecular complexity index is 657. The van der Waals surface area contributed by atoms with Gasteiger partial charge in [0, 0.05) is 11.5 Å². The highest BCUT2D eigenvalue weighted by Crippen LogP contribution is 2.28. The average molecular weight is 297 g/mol. The molecule has 0 radical (unpaired) electrons. The molecule has 2 aromatic rings. The largest absolute Gasteiger partial charge is 0.507 e. The van der Waals surface area contributed by atoms with E-state index in [4.69, 9.17) is 4.42 Å². The van der Waals surface area contributed by atoms with Gasteiger partial charge in [0.25, 0.3) is 0 Å². The third kappa shape index (κ3) is 1.98. The van der Waals surface area contributed by atoms with Crippen LogP contribution in [0.1, 0.15) is 15.9 Å². The first-order chi connectivity index (χ1) is 8.04. The van der Waals surface area contributed by atoms with E-state index in [-0.39, 0.29) is 28.0 Å². The van der Waals surface area contributed by atoms with Crippen LogP contribution in [-0.4, -0.2) is 16.2 Å². The molecule has 1 N–H and O–H groups in total. The number of Topliss-reactive ketones (excluding diaryl/α,β-unsaturated/α-hetero) is 1. The molecule has 0 saturated heterocycles. The van der Waals surface area contributed by atoms with Gasteiger partial charge in [-0.15, -0.1) is 0 Å². The summed E-state index contributed by atoms with van der Waals surface area (Å²) < 4.78 is 5.02. The fraction of sp³-hybridized carbons (Fsp3) is 0.167. The number of phenolic OH excluding ortho intramolecular Hbond substituents is 1. The summed E-state index contributed by atoms with van der Waals surface area (Å²) in [4.78, 5) is 23.0. The molecule has 1 aromatic heterocycles. The van der Waals surface area contributed by atoms with Crippen LogP contribution in [0.3, 0.4) is 0 Å². The lowest BCUT2D eigenvalue weighted by atomic mass is 10.0. The molecule has 4 nitrogen and oxygen atoms in total. The second-order valence-corrected chi connectivity index (χ2v) is 4.20. The quantitative estimate of drug-likeness (QED) is 0.525. The van der Waals surface area contributed by atoms with Gasteiger partial charge in [0.2, 0.25) is 0 Å². The number of aromatic hydroxyl groups is 1. The Kier molecular flexibility index (Phi) is 3.02. The summed E-state index contributed by atoms with van der Waals surface area (Å²) in [5.74, 6) is -0.516. The molecule has 0 bridgehead atoms. The van der Waals surface area contributed by atoms with Crippen molar-refractivity contribution in [2.24, 2.45) is 0 Å². The second kappa shape index (κ2) is 4.33. The summed E-state index contributed by atoms with van der Waals surface area (Å²) in [6, 6.07) is 4.39. The van der Waals surface area contributed by atoms with Crippen LogP contribution < -0.4 is 5.63 Å². The number of alkyl halides is 1. The van der Waals surface area contributed by atoms with E-state index in [2.05, 4.69) is 15.9 Å². The van der Waals surface area contributed by atoms with Gasteiger partial charge in [-0.3, -0.25) is 4.79 Å². The molecule has 0 aliphatic heterocycles. The van der Waals surface area contributed by atoms with E-state index >= 15 is 0 Å². The number of hydrogen-bond donors (Lipinski definition) is 1. The molecule has 0 atom stereocenters. The van der Waals surface area contributed by atoms with Crippen molar-refractivity contribution in [3.05, 3.63) is 39.7 Å². The topological polar surface area (TPSA) is 67.5 Å². The van der Waals surface area contributed by atoms with Gasteiger partial charge in [0.05, 0.1) is 5.33 Å². The predicted octanol–water partition coefficient (Wildman–Crippen LogP) is 2.38. The van der Waals surface area contributed by atoms with E-state index in [0.717, 1.165) is 0 Å². The van der Waals surface area contributed by atoms with Crippen molar-refractivity contribution in [3.8, 4) is 5.75 Å². The molecule has 0 unspecified atom stereocenters. The molecule has 0 spiro atoms. The summed E-state index contributed by atoms with van der Waals surface area (Å²) in [5, 5.41) is 10.4. The molecule has 1 heterocycles. The number of hydrogen-bond acceptors (Lipinski definition) is 4. The molecular weight excluding hydrogens is 288 g/mol. The van der Waals surface area contributed by atoms with Gasteiger partial charge in [0.15, 0.2) is 11.4 Å². The van der Waals surface area contributed by atoms with Crippen LogP contribution >= 0.6 is 15.9 Å². The number of halogens is 1. The van der Waals surface area contributed by atoms with Crippen molar-refractivity contribution in [1.82, 2.24) is 0 Å². The molecule has 0 fully saturated rings. The number of rotatable bonds is 2. The van der Waals surface area contributed by atoms with Crippen LogP contribution in [0.4, 0.5) is 0 Å². The number of aryl methyl sites for hydroxylation is 1. The van der Waals surface area contributed by atoms with Gasteiger partial charge in [-0.2, -0.15) is 0 Å². The summed E-state index contributed by atoms with van der Waals surface area (Å²) >= 11 is 3.03. The van der Waals surface area contributed by atoms with Crippen molar-refractivity contribution >= 4 is 32.7 Å². The molecule has 88 valence electrons. The number of carbonyl (C=O) groups is 1. The van der Waals surface area contributed by atoms with Gasteiger partial charge in [0.1, 0.15) is 11.3 Å². The van der Waals surface area contributed by atoms with Gasteiger partial charge in [-0.1, -0.05) is 15.9 Å². The lowest BCUT2D eigenvalue weighted by molar-refractivity contribution is 0.102. The SMILES string of the molecule is Cc1cc(=O)oc2c(C(=O)CBr)c(O)ccc12. The predicted molar refractivity (Wildman–Crippen MR) is 67.0 cm³/mol. The van der Waals surface area contributed by atoms with E-state index in [1.54, 1.807) is 13.0 Å². The van der Waals surface area contributed by atoms with E-state index in [1.165, 1.54) is 12.1 Å². The Labute approximate surface area is 105 Å². The average Bonchev–Trinajstić information content (AvgIpc) is 2.27. The van der Waals surface area contributed by atoms with Crippen molar-refractivity contribution in [2.45, 2.75) is 6.92 Å². The molecule has 17 heavy (non-hydrogen) atoms. The fourth-order valence-electron chi connectivity index (χ4n) is 1.71. The second-order valence-electron chi connectivity index (χ2n) is 3.64. The minimum absolute atomic E-state index is 0.0418.